The number of rotatable bonds is 5. The smallest absolute Gasteiger partial charge is 0.311 e. The van der Waals surface area contributed by atoms with Gasteiger partial charge in [0.05, 0.1) is 10.8 Å². The van der Waals surface area contributed by atoms with Gasteiger partial charge in [-0.15, -0.1) is 0 Å². The molecule has 5 nitrogen and oxygen atoms in total. The lowest BCUT2D eigenvalue weighted by atomic mass is 9.85. The van der Waals surface area contributed by atoms with Crippen molar-refractivity contribution in [2.45, 2.75) is 33.1 Å². The molecular weight excluding hydrogens is 294 g/mol. The SMILES string of the molecule is Cc1cc(C)c(C(Cc2ccc([N+](=O)[O-])cc2)C(=O)O)c(C)c1. The quantitative estimate of drug-likeness (QED) is 0.670. The summed E-state index contributed by atoms with van der Waals surface area (Å²) in [5, 5.41) is 20.3. The molecule has 0 spiro atoms. The molecule has 0 bridgehead atoms. The van der Waals surface area contributed by atoms with E-state index in [0.717, 1.165) is 27.8 Å². The second-order valence-corrected chi connectivity index (χ2v) is 5.83. The highest BCUT2D eigenvalue weighted by atomic mass is 16.6. The van der Waals surface area contributed by atoms with Gasteiger partial charge >= 0.3 is 5.97 Å². The Morgan fingerprint density at radius 3 is 2.09 bits per heavy atom. The van der Waals surface area contributed by atoms with Gasteiger partial charge in [-0.25, -0.2) is 0 Å². The van der Waals surface area contributed by atoms with E-state index >= 15 is 0 Å². The highest BCUT2D eigenvalue weighted by Crippen LogP contribution is 2.29. The molecule has 23 heavy (non-hydrogen) atoms. The molecule has 1 atom stereocenters. The predicted octanol–water partition coefficient (Wildman–Crippen LogP) is 3.93. The first-order valence-electron chi connectivity index (χ1n) is 7.33. The van der Waals surface area contributed by atoms with E-state index in [1.165, 1.54) is 12.1 Å². The third-order valence-corrected chi connectivity index (χ3v) is 3.97. The van der Waals surface area contributed by atoms with Gasteiger partial charge < -0.3 is 5.11 Å². The summed E-state index contributed by atoms with van der Waals surface area (Å²) in [5.41, 5.74) is 4.60. The summed E-state index contributed by atoms with van der Waals surface area (Å²) in [6, 6.07) is 10.0. The van der Waals surface area contributed by atoms with Crippen LogP contribution in [-0.4, -0.2) is 16.0 Å². The van der Waals surface area contributed by atoms with Crippen molar-refractivity contribution < 1.29 is 14.8 Å². The average molecular weight is 313 g/mol. The van der Waals surface area contributed by atoms with Crippen molar-refractivity contribution in [3.05, 3.63) is 74.3 Å². The van der Waals surface area contributed by atoms with Crippen LogP contribution >= 0.6 is 0 Å². The van der Waals surface area contributed by atoms with Gasteiger partial charge in [-0.2, -0.15) is 0 Å². The Morgan fingerprint density at radius 2 is 1.65 bits per heavy atom. The fourth-order valence-corrected chi connectivity index (χ4v) is 3.04. The van der Waals surface area contributed by atoms with Crippen LogP contribution < -0.4 is 0 Å². The molecule has 0 aliphatic carbocycles. The summed E-state index contributed by atoms with van der Waals surface area (Å²) >= 11 is 0. The fraction of sp³-hybridized carbons (Fsp3) is 0.278. The molecule has 0 fully saturated rings. The Labute approximate surface area is 134 Å². The largest absolute Gasteiger partial charge is 0.481 e. The predicted molar refractivity (Wildman–Crippen MR) is 87.8 cm³/mol. The summed E-state index contributed by atoms with van der Waals surface area (Å²) in [6.45, 7) is 5.82. The molecule has 2 aromatic carbocycles. The zero-order valence-corrected chi connectivity index (χ0v) is 13.4. The maximum Gasteiger partial charge on any atom is 0.311 e. The number of carbonyl (C=O) groups is 1. The third-order valence-electron chi connectivity index (χ3n) is 3.97. The first-order valence-corrected chi connectivity index (χ1v) is 7.33. The van der Waals surface area contributed by atoms with Gasteiger partial charge in [0.2, 0.25) is 0 Å². The topological polar surface area (TPSA) is 80.4 Å². The minimum absolute atomic E-state index is 0.00308. The second kappa shape index (κ2) is 6.60. The summed E-state index contributed by atoms with van der Waals surface area (Å²) in [4.78, 5) is 22.0. The van der Waals surface area contributed by atoms with Crippen molar-refractivity contribution >= 4 is 11.7 Å². The van der Waals surface area contributed by atoms with Crippen LogP contribution in [0.15, 0.2) is 36.4 Å². The van der Waals surface area contributed by atoms with E-state index in [-0.39, 0.29) is 5.69 Å². The second-order valence-electron chi connectivity index (χ2n) is 5.83. The molecule has 0 heterocycles. The minimum atomic E-state index is -0.890. The summed E-state index contributed by atoms with van der Waals surface area (Å²) < 4.78 is 0. The number of aliphatic carboxylic acids is 1. The molecule has 2 rings (SSSR count). The highest BCUT2D eigenvalue weighted by molar-refractivity contribution is 5.78. The van der Waals surface area contributed by atoms with Gasteiger partial charge in [-0.05, 0) is 49.4 Å². The monoisotopic (exact) mass is 313 g/mol. The molecule has 1 unspecified atom stereocenters. The molecule has 1 N–H and O–H groups in total. The zero-order chi connectivity index (χ0) is 17.1. The number of carboxylic acids is 1. The van der Waals surface area contributed by atoms with Crippen LogP contribution in [0.4, 0.5) is 5.69 Å². The van der Waals surface area contributed by atoms with E-state index in [9.17, 15) is 20.0 Å². The Balaban J connectivity index is 2.37. The fourth-order valence-electron chi connectivity index (χ4n) is 3.04. The maximum atomic E-state index is 11.8. The Kier molecular flexibility index (Phi) is 4.79. The van der Waals surface area contributed by atoms with E-state index in [4.69, 9.17) is 0 Å². The van der Waals surface area contributed by atoms with E-state index in [1.54, 1.807) is 12.1 Å². The van der Waals surface area contributed by atoms with E-state index < -0.39 is 16.8 Å². The van der Waals surface area contributed by atoms with Crippen molar-refractivity contribution in [2.24, 2.45) is 0 Å². The molecular formula is C18H19NO4. The summed E-state index contributed by atoms with van der Waals surface area (Å²) in [5.74, 6) is -1.56. The van der Waals surface area contributed by atoms with Gasteiger partial charge in [0.1, 0.15) is 0 Å². The minimum Gasteiger partial charge on any atom is -0.481 e. The van der Waals surface area contributed by atoms with Crippen molar-refractivity contribution in [1.29, 1.82) is 0 Å². The van der Waals surface area contributed by atoms with Crippen LogP contribution in [0.1, 0.15) is 33.7 Å². The van der Waals surface area contributed by atoms with Crippen LogP contribution in [0.5, 0.6) is 0 Å². The average Bonchev–Trinajstić information content (AvgIpc) is 2.45. The molecule has 0 aromatic heterocycles. The van der Waals surface area contributed by atoms with Crippen molar-refractivity contribution in [3.63, 3.8) is 0 Å². The van der Waals surface area contributed by atoms with Crippen molar-refractivity contribution in [1.82, 2.24) is 0 Å². The Bertz CT molecular complexity index is 727. The number of hydrogen-bond acceptors (Lipinski definition) is 3. The molecule has 2 aromatic rings. The van der Waals surface area contributed by atoms with Gasteiger partial charge in [0.25, 0.3) is 5.69 Å². The number of benzene rings is 2. The lowest BCUT2D eigenvalue weighted by Gasteiger charge is -2.19. The van der Waals surface area contributed by atoms with Gasteiger partial charge in [0.15, 0.2) is 0 Å². The zero-order valence-electron chi connectivity index (χ0n) is 13.4. The summed E-state index contributed by atoms with van der Waals surface area (Å²) in [6.07, 6.45) is 0.304. The number of carboxylic acid groups (broad SMARTS) is 1. The number of nitro benzene ring substituents is 1. The van der Waals surface area contributed by atoms with Crippen molar-refractivity contribution in [3.8, 4) is 0 Å². The lowest BCUT2D eigenvalue weighted by molar-refractivity contribution is -0.384. The molecule has 0 amide bonds. The molecule has 0 aliphatic rings. The third kappa shape index (κ3) is 3.74. The molecule has 0 aliphatic heterocycles. The first kappa shape index (κ1) is 16.7. The highest BCUT2D eigenvalue weighted by Gasteiger charge is 2.24. The number of non-ortho nitro benzene ring substituents is 1. The number of aryl methyl sites for hydroxylation is 3. The number of nitrogens with zero attached hydrogens (tertiary/aromatic N) is 1. The molecule has 120 valence electrons. The van der Waals surface area contributed by atoms with Crippen LogP contribution in [0.3, 0.4) is 0 Å². The number of nitro groups is 1. The van der Waals surface area contributed by atoms with Crippen LogP contribution in [0, 0.1) is 30.9 Å². The van der Waals surface area contributed by atoms with E-state index in [1.807, 2.05) is 32.9 Å². The van der Waals surface area contributed by atoms with E-state index in [2.05, 4.69) is 0 Å². The molecule has 5 heteroatoms. The Morgan fingerprint density at radius 1 is 1.13 bits per heavy atom. The van der Waals surface area contributed by atoms with Gasteiger partial charge in [-0.3, -0.25) is 14.9 Å². The lowest BCUT2D eigenvalue weighted by Crippen LogP contribution is -2.17. The molecule has 0 saturated carbocycles. The van der Waals surface area contributed by atoms with Crippen LogP contribution in [0.2, 0.25) is 0 Å². The maximum absolute atomic E-state index is 11.8. The van der Waals surface area contributed by atoms with Crippen LogP contribution in [-0.2, 0) is 11.2 Å². The van der Waals surface area contributed by atoms with Gasteiger partial charge in [0, 0.05) is 12.1 Å². The number of hydrogen-bond donors (Lipinski definition) is 1. The van der Waals surface area contributed by atoms with Crippen LogP contribution in [0.25, 0.3) is 0 Å². The standard InChI is InChI=1S/C18H19NO4/c1-11-8-12(2)17(13(3)9-11)16(18(20)21)10-14-4-6-15(7-5-14)19(22)23/h4-9,16H,10H2,1-3H3,(H,20,21). The summed E-state index contributed by atoms with van der Waals surface area (Å²) in [7, 11) is 0. The Hall–Kier alpha value is -2.69. The molecule has 0 radical (unpaired) electrons. The molecule has 0 saturated heterocycles. The normalized spacial score (nSPS) is 12.0. The first-order chi connectivity index (χ1) is 10.8. The van der Waals surface area contributed by atoms with Crippen molar-refractivity contribution in [2.75, 3.05) is 0 Å². The van der Waals surface area contributed by atoms with E-state index in [0.29, 0.717) is 6.42 Å². The van der Waals surface area contributed by atoms with Gasteiger partial charge in [-0.1, -0.05) is 29.8 Å².